The summed E-state index contributed by atoms with van der Waals surface area (Å²) >= 11 is 0. The van der Waals surface area contributed by atoms with E-state index in [1.54, 1.807) is 82.6 Å². The van der Waals surface area contributed by atoms with Crippen LogP contribution in [-0.2, 0) is 9.59 Å². The van der Waals surface area contributed by atoms with Gasteiger partial charge < -0.3 is 25.1 Å². The Labute approximate surface area is 343 Å². The van der Waals surface area contributed by atoms with E-state index in [2.05, 4.69) is 0 Å². The SMILES string of the molecule is O=C(CC[C@H]1C(=O)N(c2ccc(F)cc2)[C@@H]1c1ccc(O)cc1)c1ccc(F)cc1.O=C1[C@H](CC[C@H](O)c2ccc(F)cc2)[C@@H](c2ccc(O)cc2)N1c1ccc(F)cc1. The molecule has 2 fully saturated rings. The molecule has 0 aliphatic carbocycles. The number of phenols is 2. The van der Waals surface area contributed by atoms with Crippen molar-refractivity contribution in [3.8, 4) is 11.5 Å². The summed E-state index contributed by atoms with van der Waals surface area (Å²) in [5.74, 6) is -2.53. The smallest absolute Gasteiger partial charge is 0.233 e. The molecule has 2 amide bonds. The molecule has 8 nitrogen and oxygen atoms in total. The first-order chi connectivity index (χ1) is 28.9. The lowest BCUT2D eigenvalue weighted by atomic mass is 9.78. The number of hydrogen-bond donors (Lipinski definition) is 3. The number of aliphatic hydroxyl groups is 1. The van der Waals surface area contributed by atoms with Crippen molar-refractivity contribution in [3.05, 3.63) is 191 Å². The van der Waals surface area contributed by atoms with Crippen LogP contribution in [0.3, 0.4) is 0 Å². The van der Waals surface area contributed by atoms with Gasteiger partial charge in [-0.25, -0.2) is 17.6 Å². The van der Waals surface area contributed by atoms with Crippen LogP contribution in [0, 0.1) is 35.1 Å². The third kappa shape index (κ3) is 9.08. The minimum absolute atomic E-state index is 0.106. The number of halogens is 4. The van der Waals surface area contributed by atoms with Crippen molar-refractivity contribution in [2.45, 2.75) is 43.9 Å². The molecule has 2 saturated heterocycles. The molecule has 5 atom stereocenters. The Hall–Kier alpha value is -6.79. The van der Waals surface area contributed by atoms with Crippen LogP contribution in [0.25, 0.3) is 0 Å². The number of aromatic hydroxyl groups is 2. The quantitative estimate of drug-likeness (QED) is 0.0643. The second-order valence-corrected chi connectivity index (χ2v) is 14.8. The second-order valence-electron chi connectivity index (χ2n) is 14.8. The highest BCUT2D eigenvalue weighted by atomic mass is 19.1. The molecule has 2 aliphatic heterocycles. The zero-order valence-electron chi connectivity index (χ0n) is 32.0. The number of nitrogens with zero attached hydrogens (tertiary/aromatic N) is 2. The third-order valence-corrected chi connectivity index (χ3v) is 11.0. The maximum absolute atomic E-state index is 13.3. The van der Waals surface area contributed by atoms with Crippen LogP contribution >= 0.6 is 0 Å². The Morgan fingerprint density at radius 1 is 0.517 bits per heavy atom. The van der Waals surface area contributed by atoms with Gasteiger partial charge in [0.15, 0.2) is 5.78 Å². The average Bonchev–Trinajstić information content (AvgIpc) is 3.24. The molecule has 0 unspecified atom stereocenters. The topological polar surface area (TPSA) is 118 Å². The van der Waals surface area contributed by atoms with Gasteiger partial charge >= 0.3 is 0 Å². The Kier molecular flexibility index (Phi) is 12.4. The molecule has 0 spiro atoms. The van der Waals surface area contributed by atoms with Crippen LogP contribution in [0.5, 0.6) is 11.5 Å². The Balaban J connectivity index is 0.000000181. The first-order valence-corrected chi connectivity index (χ1v) is 19.4. The van der Waals surface area contributed by atoms with Crippen LogP contribution in [0.1, 0.15) is 70.9 Å². The summed E-state index contributed by atoms with van der Waals surface area (Å²) in [5, 5.41) is 29.6. The maximum atomic E-state index is 13.3. The third-order valence-electron chi connectivity index (χ3n) is 11.0. The summed E-state index contributed by atoms with van der Waals surface area (Å²) < 4.78 is 52.8. The summed E-state index contributed by atoms with van der Waals surface area (Å²) in [5.41, 5.74) is 3.82. The van der Waals surface area contributed by atoms with E-state index >= 15 is 0 Å². The number of anilines is 2. The molecular weight excluding hydrogens is 777 g/mol. The van der Waals surface area contributed by atoms with Gasteiger partial charge in [0.1, 0.15) is 34.8 Å². The Bertz CT molecular complexity index is 2430. The van der Waals surface area contributed by atoms with Crippen molar-refractivity contribution in [2.24, 2.45) is 11.8 Å². The van der Waals surface area contributed by atoms with E-state index < -0.39 is 23.7 Å². The number of amides is 2. The number of rotatable bonds is 12. The van der Waals surface area contributed by atoms with Gasteiger partial charge in [0.2, 0.25) is 11.8 Å². The van der Waals surface area contributed by atoms with Crippen molar-refractivity contribution in [3.63, 3.8) is 0 Å². The normalized spacial score (nSPS) is 18.8. The number of aliphatic hydroxyl groups excluding tert-OH is 1. The minimum Gasteiger partial charge on any atom is -0.508 e. The van der Waals surface area contributed by atoms with Gasteiger partial charge in [0.25, 0.3) is 0 Å². The van der Waals surface area contributed by atoms with E-state index in [1.165, 1.54) is 72.8 Å². The standard InChI is InChI=1S/C24H21F2NO3.C24H19F2NO3/c2*25-17-5-1-15(2-6-17)22(29)14-13-21-23(16-3-11-20(28)12-4-16)27(24(21)30)19-9-7-18(26)8-10-19/h1-12,21-23,28-29H,13-14H2;1-12,21,23,28H,13-14H2/t21-,22+,23-;21-,23-/m11/s1. The number of β-lactam (4-membered cyclic amide) rings is 2. The van der Waals surface area contributed by atoms with E-state index in [1.807, 2.05) is 0 Å². The molecule has 60 heavy (non-hydrogen) atoms. The molecule has 2 heterocycles. The highest BCUT2D eigenvalue weighted by Crippen LogP contribution is 2.47. The summed E-state index contributed by atoms with van der Waals surface area (Å²) in [6, 6.07) is 35.0. The van der Waals surface area contributed by atoms with Crippen molar-refractivity contribution < 1.29 is 47.3 Å². The molecule has 2 aliphatic rings. The van der Waals surface area contributed by atoms with Crippen LogP contribution in [-0.4, -0.2) is 32.9 Å². The van der Waals surface area contributed by atoms with Crippen LogP contribution in [0.4, 0.5) is 28.9 Å². The maximum Gasteiger partial charge on any atom is 0.233 e. The first-order valence-electron chi connectivity index (χ1n) is 19.4. The molecule has 0 bridgehead atoms. The number of hydrogen-bond acceptors (Lipinski definition) is 6. The lowest BCUT2D eigenvalue weighted by molar-refractivity contribution is -0.131. The van der Waals surface area contributed by atoms with Gasteiger partial charge in [-0.05, 0) is 145 Å². The number of phenolic OH excluding ortho intramolecular Hbond substituents is 2. The Morgan fingerprint density at radius 2 is 0.883 bits per heavy atom. The molecule has 0 aromatic heterocycles. The molecule has 0 saturated carbocycles. The van der Waals surface area contributed by atoms with E-state index in [0.29, 0.717) is 41.8 Å². The van der Waals surface area contributed by atoms with E-state index in [-0.39, 0.29) is 65.2 Å². The second kappa shape index (κ2) is 18.0. The molecule has 3 N–H and O–H groups in total. The number of Topliss-reactive ketones (excluding diaryl/α,β-unsaturated/α-hetero) is 1. The van der Waals surface area contributed by atoms with Crippen molar-refractivity contribution in [1.29, 1.82) is 0 Å². The average molecular weight is 817 g/mol. The van der Waals surface area contributed by atoms with E-state index in [4.69, 9.17) is 0 Å². The fourth-order valence-electron chi connectivity index (χ4n) is 7.80. The number of ketones is 1. The van der Waals surface area contributed by atoms with Gasteiger partial charge in [-0.2, -0.15) is 0 Å². The monoisotopic (exact) mass is 816 g/mol. The van der Waals surface area contributed by atoms with Gasteiger partial charge in [-0.1, -0.05) is 36.4 Å². The van der Waals surface area contributed by atoms with Gasteiger partial charge in [0.05, 0.1) is 30.0 Å². The lowest BCUT2D eigenvalue weighted by Gasteiger charge is -2.48. The van der Waals surface area contributed by atoms with Crippen LogP contribution in [0.15, 0.2) is 146 Å². The van der Waals surface area contributed by atoms with E-state index in [9.17, 15) is 47.3 Å². The summed E-state index contributed by atoms with van der Waals surface area (Å²) in [6.07, 6.45) is 0.444. The highest BCUT2D eigenvalue weighted by molar-refractivity contribution is 6.04. The van der Waals surface area contributed by atoms with Gasteiger partial charge in [-0.3, -0.25) is 14.4 Å². The molecule has 8 rings (SSSR count). The first kappa shape index (κ1) is 41.4. The number of carbonyl (C=O) groups excluding carboxylic acids is 3. The Morgan fingerprint density at radius 3 is 1.30 bits per heavy atom. The summed E-state index contributed by atoms with van der Waals surface area (Å²) in [7, 11) is 0. The fourth-order valence-corrected chi connectivity index (χ4v) is 7.80. The van der Waals surface area contributed by atoms with Gasteiger partial charge in [0, 0.05) is 23.4 Å². The van der Waals surface area contributed by atoms with Crippen molar-refractivity contribution >= 4 is 29.0 Å². The molecule has 6 aromatic carbocycles. The van der Waals surface area contributed by atoms with Crippen LogP contribution < -0.4 is 9.80 Å². The molecule has 12 heteroatoms. The predicted octanol–water partition coefficient (Wildman–Crippen LogP) is 9.93. The molecule has 6 aromatic rings. The molecular formula is C48H40F4N2O6. The predicted molar refractivity (Wildman–Crippen MR) is 217 cm³/mol. The largest absolute Gasteiger partial charge is 0.508 e. The summed E-state index contributed by atoms with van der Waals surface area (Å²) in [6.45, 7) is 0. The van der Waals surface area contributed by atoms with E-state index in [0.717, 1.165) is 11.1 Å². The van der Waals surface area contributed by atoms with Crippen LogP contribution in [0.2, 0.25) is 0 Å². The molecule has 0 radical (unpaired) electrons. The molecule has 306 valence electrons. The highest BCUT2D eigenvalue weighted by Gasteiger charge is 2.49. The number of benzene rings is 6. The summed E-state index contributed by atoms with van der Waals surface area (Å²) in [4.78, 5) is 41.5. The fraction of sp³-hybridized carbons (Fsp3) is 0.188. The lowest BCUT2D eigenvalue weighted by Crippen LogP contribution is -2.55. The minimum atomic E-state index is -0.807. The number of carbonyl (C=O) groups is 3. The van der Waals surface area contributed by atoms with Crippen molar-refractivity contribution in [2.75, 3.05) is 9.80 Å². The zero-order chi connectivity index (χ0) is 42.5. The van der Waals surface area contributed by atoms with Gasteiger partial charge in [-0.15, -0.1) is 0 Å². The zero-order valence-corrected chi connectivity index (χ0v) is 32.0. The van der Waals surface area contributed by atoms with Crippen molar-refractivity contribution in [1.82, 2.24) is 0 Å².